The first-order chi connectivity index (χ1) is 20.2. The van der Waals surface area contributed by atoms with Gasteiger partial charge in [0.1, 0.15) is 11.7 Å². The molecule has 14 heteroatoms. The molecule has 4 N–H and O–H groups in total. The van der Waals surface area contributed by atoms with Crippen LogP contribution in [0.3, 0.4) is 0 Å². The average Bonchev–Trinajstić information content (AvgIpc) is 3.15. The Hall–Kier alpha value is -4.30. The van der Waals surface area contributed by atoms with Gasteiger partial charge in [-0.3, -0.25) is 19.2 Å². The number of fused-ring (bicyclic) bond motifs is 2. The number of hydrogen-bond acceptors (Lipinski definition) is 9. The minimum atomic E-state index is -3.09. The van der Waals surface area contributed by atoms with Gasteiger partial charge in [0.2, 0.25) is 17.4 Å². The zero-order valence-electron chi connectivity index (χ0n) is 24.8. The molecule has 2 fully saturated rings. The number of aliphatic carboxylic acids is 1. The van der Waals surface area contributed by atoms with Gasteiger partial charge in [-0.05, 0) is 25.0 Å². The van der Waals surface area contributed by atoms with Crippen molar-refractivity contribution in [2.24, 2.45) is 5.92 Å². The zero-order valence-corrected chi connectivity index (χ0v) is 24.8. The Bertz CT molecular complexity index is 1400. The van der Waals surface area contributed by atoms with Crippen LogP contribution in [-0.4, -0.2) is 93.8 Å². The lowest BCUT2D eigenvalue weighted by Crippen LogP contribution is -2.68. The number of pyridine rings is 1. The molecule has 4 rings (SSSR count). The summed E-state index contributed by atoms with van der Waals surface area (Å²) >= 11 is 0. The molecular weight excluding hydrogens is 559 g/mol. The third-order valence-electron chi connectivity index (χ3n) is 7.41. The van der Waals surface area contributed by atoms with Crippen molar-refractivity contribution in [1.82, 2.24) is 20.5 Å². The van der Waals surface area contributed by atoms with Crippen LogP contribution in [-0.2, 0) is 28.5 Å². The number of nitrogens with one attached hydrogen (secondary N) is 2. The van der Waals surface area contributed by atoms with Gasteiger partial charge in [-0.1, -0.05) is 56.7 Å². The largest absolute Gasteiger partial charge is 0.715 e. The van der Waals surface area contributed by atoms with Gasteiger partial charge in [0.15, 0.2) is 0 Å². The molecule has 43 heavy (non-hydrogen) atoms. The number of aliphatic hydroxyl groups excluding tert-OH is 1. The fourth-order valence-electron chi connectivity index (χ4n) is 5.22. The van der Waals surface area contributed by atoms with E-state index in [0.29, 0.717) is 5.69 Å². The number of rotatable bonds is 11. The van der Waals surface area contributed by atoms with Crippen molar-refractivity contribution in [1.29, 1.82) is 0 Å². The van der Waals surface area contributed by atoms with Crippen molar-refractivity contribution >= 4 is 36.4 Å². The van der Waals surface area contributed by atoms with Crippen LogP contribution in [0.1, 0.15) is 50.5 Å². The van der Waals surface area contributed by atoms with E-state index in [-0.39, 0.29) is 18.0 Å². The Morgan fingerprint density at radius 3 is 2.40 bits per heavy atom. The molecule has 0 aliphatic carbocycles. The van der Waals surface area contributed by atoms with Gasteiger partial charge in [-0.2, -0.15) is 0 Å². The molecule has 2 aliphatic rings. The molecule has 2 saturated heterocycles. The summed E-state index contributed by atoms with van der Waals surface area (Å²) < 4.78 is 15.7. The molecule has 0 saturated carbocycles. The predicted octanol–water partition coefficient (Wildman–Crippen LogP) is 0.486. The van der Waals surface area contributed by atoms with E-state index in [2.05, 4.69) is 20.3 Å². The van der Waals surface area contributed by atoms with E-state index in [4.69, 9.17) is 9.31 Å². The summed E-state index contributed by atoms with van der Waals surface area (Å²) in [4.78, 5) is 70.8. The first-order valence-corrected chi connectivity index (χ1v) is 14.1. The minimum Gasteiger partial charge on any atom is -0.715 e. The van der Waals surface area contributed by atoms with Crippen molar-refractivity contribution in [3.05, 3.63) is 54.2 Å². The lowest BCUT2D eigenvalue weighted by molar-refractivity contribution is -0.160. The van der Waals surface area contributed by atoms with Crippen molar-refractivity contribution in [2.75, 3.05) is 14.1 Å². The Kier molecular flexibility index (Phi) is 9.21. The third kappa shape index (κ3) is 6.86. The van der Waals surface area contributed by atoms with Crippen LogP contribution in [0.2, 0.25) is 0 Å². The maximum absolute atomic E-state index is 13.6. The normalized spacial score (nSPS) is 23.0. The second kappa shape index (κ2) is 12.5. The van der Waals surface area contributed by atoms with Gasteiger partial charge in [-0.25, -0.2) is 4.98 Å². The highest BCUT2D eigenvalue weighted by molar-refractivity contribution is 6.67. The summed E-state index contributed by atoms with van der Waals surface area (Å²) in [5, 5.41) is 15.7. The van der Waals surface area contributed by atoms with Gasteiger partial charge < -0.3 is 34.6 Å². The molecule has 230 valence electrons. The second-order valence-electron chi connectivity index (χ2n) is 11.6. The summed E-state index contributed by atoms with van der Waals surface area (Å²) in [6.07, 6.45) is -2.11. The molecule has 0 spiro atoms. The lowest BCUT2D eigenvalue weighted by atomic mass is 9.64. The van der Waals surface area contributed by atoms with Crippen LogP contribution in [0.5, 0.6) is 0 Å². The van der Waals surface area contributed by atoms with E-state index in [1.165, 1.54) is 32.0 Å². The topological polar surface area (TPSA) is 177 Å². The summed E-state index contributed by atoms with van der Waals surface area (Å²) in [7, 11) is 3.02. The smallest absolute Gasteiger partial charge is 0.594 e. The molecular formula is C29H37BN4O9. The van der Waals surface area contributed by atoms with Gasteiger partial charge in [0.25, 0.3) is 11.9 Å². The second-order valence-corrected chi connectivity index (χ2v) is 11.6. The summed E-state index contributed by atoms with van der Waals surface area (Å²) in [5.74, 6) is -4.81. The van der Waals surface area contributed by atoms with E-state index in [9.17, 15) is 29.1 Å². The maximum atomic E-state index is 13.6. The van der Waals surface area contributed by atoms with E-state index in [1.807, 2.05) is 44.2 Å². The number of carboxylic acids is 1. The highest BCUT2D eigenvalue weighted by atomic mass is 16.8. The first kappa shape index (κ1) is 31.6. The third-order valence-corrected chi connectivity index (χ3v) is 7.41. The van der Waals surface area contributed by atoms with Crippen LogP contribution in [0.15, 0.2) is 48.5 Å². The van der Waals surface area contributed by atoms with Crippen LogP contribution in [0, 0.1) is 5.92 Å². The van der Waals surface area contributed by atoms with E-state index in [0.717, 1.165) is 5.56 Å². The number of aliphatic hydroxyl groups is 1. The average molecular weight is 596 g/mol. The fourth-order valence-corrected chi connectivity index (χ4v) is 5.22. The van der Waals surface area contributed by atoms with Crippen LogP contribution in [0.4, 0.5) is 0 Å². The molecule has 0 radical (unpaired) electrons. The van der Waals surface area contributed by atoms with E-state index >= 15 is 0 Å². The standard InChI is InChI=1S/C29H37BN4O9/c1-17(2)14-22(30-41-24(37)16-29(43-30,28(40)42-30)15-23(36)34(4)5)32-27(39)25(18(3)35)33-26(38)21-13-9-12-20(31-21)19-10-7-6-8-11-19/h6-13,17-18,22,25,35,42H,14-16H2,1-5H3,(H,32,39)(H,33,38)/t18-,22+,25+,29-,30?/m1/s1. The van der Waals surface area contributed by atoms with Crippen molar-refractivity contribution in [2.45, 2.75) is 63.7 Å². The SMILES string of the molecule is CC(C)C[C@H](NC(=O)[C@@H](NC(=O)c1cccc(-c2ccccc2)n1)[C@@H](C)O)[B-]12OC(=O)C[C@@](CC(=O)N(C)C)(O1)C(=O)[OH+]2. The van der Waals surface area contributed by atoms with Crippen molar-refractivity contribution < 1.29 is 43.0 Å². The zero-order chi connectivity index (χ0) is 31.5. The number of hydrogen-bond donors (Lipinski definition) is 3. The molecule has 3 amide bonds. The van der Waals surface area contributed by atoms with E-state index < -0.39 is 72.9 Å². The Morgan fingerprint density at radius 1 is 1.07 bits per heavy atom. The molecule has 3 heterocycles. The quantitative estimate of drug-likeness (QED) is 0.246. The molecule has 1 aromatic heterocycles. The number of aromatic nitrogens is 1. The number of amides is 3. The van der Waals surface area contributed by atoms with Crippen LogP contribution >= 0.6 is 0 Å². The maximum Gasteiger partial charge on any atom is 0.594 e. The molecule has 2 aliphatic heterocycles. The fraction of sp³-hybridized carbons (Fsp3) is 0.448. The predicted molar refractivity (Wildman–Crippen MR) is 155 cm³/mol. The van der Waals surface area contributed by atoms with Crippen LogP contribution < -0.4 is 10.6 Å². The van der Waals surface area contributed by atoms with Gasteiger partial charge >= 0.3 is 12.7 Å². The minimum absolute atomic E-state index is 0.0256. The summed E-state index contributed by atoms with van der Waals surface area (Å²) in [6, 6.07) is 12.7. The van der Waals surface area contributed by atoms with Gasteiger partial charge in [0, 0.05) is 30.4 Å². The van der Waals surface area contributed by atoms with E-state index in [1.54, 1.807) is 12.1 Å². The van der Waals surface area contributed by atoms with Crippen molar-refractivity contribution in [3.8, 4) is 11.3 Å². The molecule has 13 nitrogen and oxygen atoms in total. The molecule has 2 aromatic rings. The van der Waals surface area contributed by atoms with Gasteiger partial charge in [-0.15, -0.1) is 0 Å². The Labute approximate surface area is 249 Å². The van der Waals surface area contributed by atoms with Crippen LogP contribution in [0.25, 0.3) is 11.3 Å². The summed E-state index contributed by atoms with van der Waals surface area (Å²) in [6.45, 7) is 1.93. The number of carbonyl (C=O) groups excluding carboxylic acids is 4. The number of nitrogens with zero attached hydrogens (tertiary/aromatic N) is 2. The van der Waals surface area contributed by atoms with Gasteiger partial charge in [0.05, 0.1) is 24.6 Å². The molecule has 1 unspecified atom stereocenters. The molecule has 5 atom stereocenters. The highest BCUT2D eigenvalue weighted by Crippen LogP contribution is 2.41. The molecule has 2 bridgehead atoms. The monoisotopic (exact) mass is 596 g/mol. The lowest BCUT2D eigenvalue weighted by Gasteiger charge is -2.44. The highest BCUT2D eigenvalue weighted by Gasteiger charge is 2.70. The summed E-state index contributed by atoms with van der Waals surface area (Å²) in [5.41, 5.74) is -0.479. The number of carbonyl (C=O) groups is 5. The molecule has 1 aromatic carbocycles. The Balaban J connectivity index is 1.57. The Morgan fingerprint density at radius 2 is 1.77 bits per heavy atom. The first-order valence-electron chi connectivity index (χ1n) is 14.1. The van der Waals surface area contributed by atoms with Crippen molar-refractivity contribution in [3.63, 3.8) is 0 Å². The number of benzene rings is 1.